The predicted molar refractivity (Wildman–Crippen MR) is 108 cm³/mol. The van der Waals surface area contributed by atoms with Gasteiger partial charge in [0.25, 0.3) is 0 Å². The lowest BCUT2D eigenvalue weighted by molar-refractivity contribution is -0.116. The lowest BCUT2D eigenvalue weighted by atomic mass is 10.2. The molecule has 0 saturated carbocycles. The highest BCUT2D eigenvalue weighted by Gasteiger charge is 2.28. The fourth-order valence-corrected chi connectivity index (χ4v) is 5.08. The van der Waals surface area contributed by atoms with Gasteiger partial charge in [-0.2, -0.15) is 4.31 Å². The molecule has 0 aliphatic carbocycles. The molecule has 1 aliphatic heterocycles. The summed E-state index contributed by atoms with van der Waals surface area (Å²) in [4.78, 5) is 24.3. The second kappa shape index (κ2) is 8.43. The van der Waals surface area contributed by atoms with Crippen molar-refractivity contribution in [3.8, 4) is 0 Å². The van der Waals surface area contributed by atoms with Crippen LogP contribution in [0.1, 0.15) is 19.3 Å². The maximum absolute atomic E-state index is 13.7. The highest BCUT2D eigenvalue weighted by atomic mass is 32.2. The van der Waals surface area contributed by atoms with E-state index in [1.807, 2.05) is 0 Å². The highest BCUT2D eigenvalue weighted by Crippen LogP contribution is 2.25. The lowest BCUT2D eigenvalue weighted by Gasteiger charge is -2.15. The topological polar surface area (TPSA) is 102 Å². The zero-order valence-corrected chi connectivity index (χ0v) is 17.4. The van der Waals surface area contributed by atoms with E-state index in [0.717, 1.165) is 23.5 Å². The number of nitrogens with one attached hydrogen (secondary N) is 1. The van der Waals surface area contributed by atoms with Crippen molar-refractivity contribution in [1.82, 2.24) is 8.87 Å². The Bertz CT molecular complexity index is 1360. The number of carbonyl (C=O) groups excluding carboxylic acids is 1. The number of sulfonamides is 1. The molecule has 3 aromatic rings. The largest absolute Gasteiger partial charge is 0.419 e. The zero-order valence-electron chi connectivity index (χ0n) is 16.6. The van der Waals surface area contributed by atoms with Crippen molar-refractivity contribution in [2.45, 2.75) is 30.7 Å². The molecular weight excluding hydrogens is 451 g/mol. The average Bonchev–Trinajstić information content (AvgIpc) is 3.40. The first kappa shape index (κ1) is 22.1. The molecule has 4 rings (SSSR count). The van der Waals surface area contributed by atoms with Gasteiger partial charge >= 0.3 is 5.76 Å². The molecule has 170 valence electrons. The first-order valence-corrected chi connectivity index (χ1v) is 11.2. The number of rotatable bonds is 6. The van der Waals surface area contributed by atoms with Crippen molar-refractivity contribution in [1.29, 1.82) is 0 Å². The molecule has 1 saturated heterocycles. The van der Waals surface area contributed by atoms with E-state index in [9.17, 15) is 31.2 Å². The number of carbonyl (C=O) groups is 1. The summed E-state index contributed by atoms with van der Waals surface area (Å²) in [7, 11) is -3.70. The van der Waals surface area contributed by atoms with Gasteiger partial charge in [0.15, 0.2) is 23.0 Å². The van der Waals surface area contributed by atoms with E-state index in [-0.39, 0.29) is 29.0 Å². The molecular formula is C20H18F3N3O5S. The van der Waals surface area contributed by atoms with Crippen LogP contribution in [0.25, 0.3) is 11.1 Å². The third kappa shape index (κ3) is 4.02. The van der Waals surface area contributed by atoms with E-state index in [2.05, 4.69) is 5.32 Å². The maximum Gasteiger partial charge on any atom is 0.419 e. The van der Waals surface area contributed by atoms with Gasteiger partial charge < -0.3 is 9.73 Å². The minimum atomic E-state index is -3.70. The molecule has 0 spiro atoms. The number of fused-ring (bicyclic) bond motifs is 1. The third-order valence-electron chi connectivity index (χ3n) is 5.21. The van der Waals surface area contributed by atoms with Crippen molar-refractivity contribution in [2.75, 3.05) is 18.4 Å². The Kier molecular flexibility index (Phi) is 5.82. The van der Waals surface area contributed by atoms with Gasteiger partial charge in [-0.05, 0) is 37.1 Å². The number of amides is 1. The SMILES string of the molecule is O=C(CCn1c(=O)oc2cc(S(=O)(=O)N3CCCC3)ccc21)Nc1ccc(F)c(F)c1F. The summed E-state index contributed by atoms with van der Waals surface area (Å²) in [5.74, 6) is -6.18. The number of oxazole rings is 1. The molecule has 0 atom stereocenters. The highest BCUT2D eigenvalue weighted by molar-refractivity contribution is 7.89. The van der Waals surface area contributed by atoms with Crippen molar-refractivity contribution in [3.05, 3.63) is 58.3 Å². The minimum absolute atomic E-state index is 0.000597. The van der Waals surface area contributed by atoms with Gasteiger partial charge in [0.1, 0.15) is 0 Å². The van der Waals surface area contributed by atoms with Crippen LogP contribution in [0.15, 0.2) is 44.4 Å². The molecule has 1 N–H and O–H groups in total. The van der Waals surface area contributed by atoms with E-state index in [1.54, 1.807) is 0 Å². The average molecular weight is 469 g/mol. The Labute approximate surface area is 180 Å². The summed E-state index contributed by atoms with van der Waals surface area (Å²) < 4.78 is 73.0. The van der Waals surface area contributed by atoms with Crippen molar-refractivity contribution < 1.29 is 30.8 Å². The van der Waals surface area contributed by atoms with E-state index in [4.69, 9.17) is 4.42 Å². The second-order valence-electron chi connectivity index (χ2n) is 7.28. The van der Waals surface area contributed by atoms with Crippen LogP contribution in [0.3, 0.4) is 0 Å². The molecule has 12 heteroatoms. The van der Waals surface area contributed by atoms with E-state index >= 15 is 0 Å². The monoisotopic (exact) mass is 469 g/mol. The molecule has 2 heterocycles. The van der Waals surface area contributed by atoms with Crippen LogP contribution in [-0.2, 0) is 21.4 Å². The Hall–Kier alpha value is -3.12. The molecule has 1 aliphatic rings. The van der Waals surface area contributed by atoms with Crippen LogP contribution >= 0.6 is 0 Å². The first-order valence-electron chi connectivity index (χ1n) is 9.75. The van der Waals surface area contributed by atoms with Gasteiger partial charge in [0.2, 0.25) is 15.9 Å². The smallest absolute Gasteiger partial charge is 0.408 e. The summed E-state index contributed by atoms with van der Waals surface area (Å²) in [6.07, 6.45) is 1.26. The van der Waals surface area contributed by atoms with Gasteiger partial charge in [0, 0.05) is 32.1 Å². The van der Waals surface area contributed by atoms with E-state index in [0.29, 0.717) is 19.2 Å². The van der Waals surface area contributed by atoms with Crippen LogP contribution < -0.4 is 11.1 Å². The Balaban J connectivity index is 1.51. The molecule has 0 bridgehead atoms. The molecule has 0 unspecified atom stereocenters. The molecule has 1 amide bonds. The standard InChI is InChI=1S/C20H18F3N3O5S/c21-13-4-5-14(19(23)18(13)22)24-17(27)7-10-26-15-6-3-12(11-16(15)31-20(26)28)32(29,30)25-8-1-2-9-25/h3-6,11H,1-2,7-10H2,(H,24,27). The first-order chi connectivity index (χ1) is 15.2. The Morgan fingerprint density at radius 3 is 2.50 bits per heavy atom. The quantitative estimate of drug-likeness (QED) is 0.560. The number of benzene rings is 2. The summed E-state index contributed by atoms with van der Waals surface area (Å²) >= 11 is 0. The fraction of sp³-hybridized carbons (Fsp3) is 0.300. The summed E-state index contributed by atoms with van der Waals surface area (Å²) in [6.45, 7) is 0.694. The van der Waals surface area contributed by atoms with Crippen molar-refractivity contribution in [3.63, 3.8) is 0 Å². The van der Waals surface area contributed by atoms with Crippen molar-refractivity contribution in [2.24, 2.45) is 0 Å². The molecule has 2 aromatic carbocycles. The summed E-state index contributed by atoms with van der Waals surface area (Å²) in [5.41, 5.74) is -0.209. The third-order valence-corrected chi connectivity index (χ3v) is 7.11. The molecule has 1 aromatic heterocycles. The van der Waals surface area contributed by atoms with Gasteiger partial charge in [0.05, 0.1) is 16.1 Å². The zero-order chi connectivity index (χ0) is 23.0. The normalized spacial score (nSPS) is 14.8. The number of nitrogens with zero attached hydrogens (tertiary/aromatic N) is 2. The second-order valence-corrected chi connectivity index (χ2v) is 9.22. The molecule has 32 heavy (non-hydrogen) atoms. The van der Waals surface area contributed by atoms with Gasteiger partial charge in [-0.1, -0.05) is 0 Å². The van der Waals surface area contributed by atoms with Crippen molar-refractivity contribution >= 4 is 32.7 Å². The number of aryl methyl sites for hydroxylation is 1. The van der Waals surface area contributed by atoms with Gasteiger partial charge in [-0.3, -0.25) is 9.36 Å². The maximum atomic E-state index is 13.7. The lowest BCUT2D eigenvalue weighted by Crippen LogP contribution is -2.27. The predicted octanol–water partition coefficient (Wildman–Crippen LogP) is 2.83. The van der Waals surface area contributed by atoms with E-state index in [1.165, 1.54) is 22.5 Å². The van der Waals surface area contributed by atoms with Crippen LogP contribution in [0.2, 0.25) is 0 Å². The van der Waals surface area contributed by atoms with Crippen LogP contribution in [0, 0.1) is 17.5 Å². The van der Waals surface area contributed by atoms with Gasteiger partial charge in [-0.15, -0.1) is 0 Å². The summed E-state index contributed by atoms with van der Waals surface area (Å²) in [6, 6.07) is 5.59. The summed E-state index contributed by atoms with van der Waals surface area (Å²) in [5, 5.41) is 2.12. The fourth-order valence-electron chi connectivity index (χ4n) is 3.54. The number of hydrogen-bond acceptors (Lipinski definition) is 5. The van der Waals surface area contributed by atoms with Crippen LogP contribution in [-0.4, -0.2) is 36.3 Å². The number of anilines is 1. The molecule has 0 radical (unpaired) electrons. The number of hydrogen-bond donors (Lipinski definition) is 1. The van der Waals surface area contributed by atoms with Crippen LogP contribution in [0.5, 0.6) is 0 Å². The van der Waals surface area contributed by atoms with Gasteiger partial charge in [-0.25, -0.2) is 26.4 Å². The van der Waals surface area contributed by atoms with Crippen LogP contribution in [0.4, 0.5) is 18.9 Å². The number of aromatic nitrogens is 1. The van der Waals surface area contributed by atoms with E-state index < -0.39 is 44.8 Å². The minimum Gasteiger partial charge on any atom is -0.408 e. The Morgan fingerprint density at radius 2 is 1.78 bits per heavy atom. The molecule has 8 nitrogen and oxygen atoms in total. The number of halogens is 3. The molecule has 1 fully saturated rings. The Morgan fingerprint density at radius 1 is 1.06 bits per heavy atom.